The van der Waals surface area contributed by atoms with Crippen LogP contribution in [0.25, 0.3) is 0 Å². The summed E-state index contributed by atoms with van der Waals surface area (Å²) in [7, 11) is 0. The first-order chi connectivity index (χ1) is 7.27. The van der Waals surface area contributed by atoms with Gasteiger partial charge in [-0.1, -0.05) is 0 Å². The fraction of sp³-hybridized carbons (Fsp3) is 0.625. The topological polar surface area (TPSA) is 83.0 Å². The van der Waals surface area contributed by atoms with Gasteiger partial charge in [0.25, 0.3) is 0 Å². The zero-order valence-corrected chi connectivity index (χ0v) is 8.27. The number of carbonyl (C=O) groups excluding carboxylic acids is 1. The van der Waals surface area contributed by atoms with E-state index in [1.165, 1.54) is 10.9 Å². The van der Waals surface area contributed by atoms with Crippen molar-refractivity contribution in [1.82, 2.24) is 25.0 Å². The third-order valence-corrected chi connectivity index (χ3v) is 2.39. The highest BCUT2D eigenvalue weighted by Crippen LogP contribution is 1.94. The number of aromatic amines is 1. The van der Waals surface area contributed by atoms with Gasteiger partial charge in [0.2, 0.25) is 5.91 Å². The predicted octanol–water partition coefficient (Wildman–Crippen LogP) is -2.00. The highest BCUT2D eigenvalue weighted by Gasteiger charge is 2.16. The van der Waals surface area contributed by atoms with Crippen LogP contribution in [0, 0.1) is 0 Å². The fourth-order valence-corrected chi connectivity index (χ4v) is 1.54. The normalized spacial score (nSPS) is 16.7. The lowest BCUT2D eigenvalue weighted by atomic mass is 10.3. The Morgan fingerprint density at radius 1 is 1.47 bits per heavy atom. The van der Waals surface area contributed by atoms with Gasteiger partial charge in [-0.3, -0.25) is 9.36 Å². The lowest BCUT2D eigenvalue weighted by Crippen LogP contribution is -2.47. The van der Waals surface area contributed by atoms with Gasteiger partial charge in [-0.05, 0) is 0 Å². The van der Waals surface area contributed by atoms with Crippen molar-refractivity contribution in [1.29, 1.82) is 0 Å². The summed E-state index contributed by atoms with van der Waals surface area (Å²) in [6.07, 6.45) is 1.34. The highest BCUT2D eigenvalue weighted by molar-refractivity contribution is 5.76. The molecule has 1 aromatic heterocycles. The van der Waals surface area contributed by atoms with Gasteiger partial charge >= 0.3 is 5.69 Å². The van der Waals surface area contributed by atoms with Gasteiger partial charge in [0.1, 0.15) is 12.9 Å². The maximum atomic E-state index is 11.7. The monoisotopic (exact) mass is 211 g/mol. The van der Waals surface area contributed by atoms with Gasteiger partial charge in [-0.25, -0.2) is 9.89 Å². The summed E-state index contributed by atoms with van der Waals surface area (Å²) in [4.78, 5) is 24.6. The highest BCUT2D eigenvalue weighted by atomic mass is 16.2. The van der Waals surface area contributed by atoms with Crippen LogP contribution in [0.3, 0.4) is 0 Å². The standard InChI is InChI=1S/C8H13N5O2/c14-7(12-3-1-9-2-4-12)5-13-6-10-11-8(13)15/h6,9H,1-5H2,(H,11,15). The van der Waals surface area contributed by atoms with Crippen LogP contribution < -0.4 is 11.0 Å². The largest absolute Gasteiger partial charge is 0.343 e. The minimum Gasteiger partial charge on any atom is -0.339 e. The molecule has 0 aromatic carbocycles. The smallest absolute Gasteiger partial charge is 0.339 e. The minimum absolute atomic E-state index is 0.0417. The number of hydrogen-bond acceptors (Lipinski definition) is 4. The summed E-state index contributed by atoms with van der Waals surface area (Å²) in [6.45, 7) is 3.09. The second-order valence-electron chi connectivity index (χ2n) is 3.42. The van der Waals surface area contributed by atoms with Gasteiger partial charge in [-0.15, -0.1) is 0 Å². The van der Waals surface area contributed by atoms with Crippen molar-refractivity contribution in [2.75, 3.05) is 26.2 Å². The molecular weight excluding hydrogens is 198 g/mol. The van der Waals surface area contributed by atoms with Crippen molar-refractivity contribution >= 4 is 5.91 Å². The Labute approximate surface area is 86.1 Å². The third kappa shape index (κ3) is 2.24. The number of nitrogens with zero attached hydrogens (tertiary/aromatic N) is 3. The summed E-state index contributed by atoms with van der Waals surface area (Å²) in [5, 5.41) is 8.97. The quantitative estimate of drug-likeness (QED) is 0.593. The van der Waals surface area contributed by atoms with E-state index in [2.05, 4.69) is 15.5 Å². The van der Waals surface area contributed by atoms with Crippen LogP contribution in [-0.4, -0.2) is 51.8 Å². The number of nitrogens with one attached hydrogen (secondary N) is 2. The van der Waals surface area contributed by atoms with Crippen molar-refractivity contribution in [2.45, 2.75) is 6.54 Å². The van der Waals surface area contributed by atoms with E-state index in [0.29, 0.717) is 13.1 Å². The van der Waals surface area contributed by atoms with Crippen molar-refractivity contribution in [2.24, 2.45) is 0 Å². The molecule has 1 saturated heterocycles. The second-order valence-corrected chi connectivity index (χ2v) is 3.42. The van der Waals surface area contributed by atoms with Crippen LogP contribution in [0.2, 0.25) is 0 Å². The molecule has 82 valence electrons. The number of amides is 1. The molecule has 2 rings (SSSR count). The third-order valence-electron chi connectivity index (χ3n) is 2.39. The number of rotatable bonds is 2. The van der Waals surface area contributed by atoms with Gasteiger partial charge < -0.3 is 10.2 Å². The summed E-state index contributed by atoms with van der Waals surface area (Å²) >= 11 is 0. The summed E-state index contributed by atoms with van der Waals surface area (Å²) in [5.74, 6) is -0.0417. The Morgan fingerprint density at radius 3 is 2.80 bits per heavy atom. The first-order valence-corrected chi connectivity index (χ1v) is 4.85. The Bertz CT molecular complexity index is 390. The van der Waals surface area contributed by atoms with E-state index in [9.17, 15) is 9.59 Å². The lowest BCUT2D eigenvalue weighted by Gasteiger charge is -2.27. The fourth-order valence-electron chi connectivity index (χ4n) is 1.54. The van der Waals surface area contributed by atoms with E-state index in [4.69, 9.17) is 0 Å². The SMILES string of the molecule is O=C(Cn1cn[nH]c1=O)N1CCNCC1. The molecule has 1 fully saturated rings. The molecule has 0 spiro atoms. The first-order valence-electron chi connectivity index (χ1n) is 4.85. The maximum absolute atomic E-state index is 11.7. The van der Waals surface area contributed by atoms with Crippen molar-refractivity contribution < 1.29 is 4.79 Å². The van der Waals surface area contributed by atoms with E-state index < -0.39 is 0 Å². The molecule has 1 aliphatic heterocycles. The van der Waals surface area contributed by atoms with E-state index in [-0.39, 0.29) is 18.1 Å². The molecule has 0 radical (unpaired) electrons. The molecule has 1 aliphatic rings. The second kappa shape index (κ2) is 4.26. The van der Waals surface area contributed by atoms with E-state index >= 15 is 0 Å². The van der Waals surface area contributed by atoms with Crippen molar-refractivity contribution in [3.63, 3.8) is 0 Å². The molecule has 0 bridgehead atoms. The van der Waals surface area contributed by atoms with Crippen LogP contribution in [0.5, 0.6) is 0 Å². The molecule has 1 amide bonds. The Balaban J connectivity index is 1.97. The van der Waals surface area contributed by atoms with Crippen LogP contribution >= 0.6 is 0 Å². The first kappa shape index (κ1) is 9.91. The number of aromatic nitrogens is 3. The Hall–Kier alpha value is -1.63. The van der Waals surface area contributed by atoms with Gasteiger partial charge in [0.05, 0.1) is 0 Å². The average molecular weight is 211 g/mol. The zero-order valence-electron chi connectivity index (χ0n) is 8.27. The molecule has 1 aromatic rings. The Morgan fingerprint density at radius 2 is 2.20 bits per heavy atom. The van der Waals surface area contributed by atoms with E-state index in [1.54, 1.807) is 4.90 Å². The van der Waals surface area contributed by atoms with Crippen LogP contribution in [0.4, 0.5) is 0 Å². The number of piperazine rings is 1. The predicted molar refractivity (Wildman–Crippen MR) is 52.3 cm³/mol. The molecular formula is C8H13N5O2. The Kier molecular flexibility index (Phi) is 2.82. The molecule has 2 heterocycles. The van der Waals surface area contributed by atoms with Crippen molar-refractivity contribution in [3.8, 4) is 0 Å². The summed E-state index contributed by atoms with van der Waals surface area (Å²) in [5.41, 5.74) is -0.349. The number of hydrogen-bond donors (Lipinski definition) is 2. The van der Waals surface area contributed by atoms with Gasteiger partial charge in [-0.2, -0.15) is 5.10 Å². The molecule has 0 aliphatic carbocycles. The van der Waals surface area contributed by atoms with Crippen LogP contribution in [0.1, 0.15) is 0 Å². The van der Waals surface area contributed by atoms with Gasteiger partial charge in [0.15, 0.2) is 0 Å². The number of carbonyl (C=O) groups is 1. The molecule has 7 nitrogen and oxygen atoms in total. The molecule has 0 atom stereocenters. The minimum atomic E-state index is -0.349. The molecule has 7 heteroatoms. The van der Waals surface area contributed by atoms with Crippen molar-refractivity contribution in [3.05, 3.63) is 16.8 Å². The summed E-state index contributed by atoms with van der Waals surface area (Å²) < 4.78 is 1.27. The molecule has 0 unspecified atom stereocenters. The molecule has 15 heavy (non-hydrogen) atoms. The summed E-state index contributed by atoms with van der Waals surface area (Å²) in [6, 6.07) is 0. The van der Waals surface area contributed by atoms with Crippen LogP contribution in [0.15, 0.2) is 11.1 Å². The molecule has 0 saturated carbocycles. The van der Waals surface area contributed by atoms with E-state index in [0.717, 1.165) is 13.1 Å². The van der Waals surface area contributed by atoms with Gasteiger partial charge in [0, 0.05) is 26.2 Å². The maximum Gasteiger partial charge on any atom is 0.343 e. The lowest BCUT2D eigenvalue weighted by molar-refractivity contribution is -0.132. The average Bonchev–Trinajstić information content (AvgIpc) is 2.66. The van der Waals surface area contributed by atoms with E-state index in [1.807, 2.05) is 0 Å². The van der Waals surface area contributed by atoms with Crippen LogP contribution in [-0.2, 0) is 11.3 Å². The zero-order chi connectivity index (χ0) is 10.7. The number of H-pyrrole nitrogens is 1. The molecule has 2 N–H and O–H groups in total.